The number of carboxylic acids is 1. The summed E-state index contributed by atoms with van der Waals surface area (Å²) in [5.74, 6) is -1.14. The molecule has 2 aromatic carbocycles. The van der Waals surface area contributed by atoms with Gasteiger partial charge in [-0.1, -0.05) is 48.5 Å². The summed E-state index contributed by atoms with van der Waals surface area (Å²) in [6.07, 6.45) is 1.84. The van der Waals surface area contributed by atoms with E-state index in [9.17, 15) is 14.7 Å². The van der Waals surface area contributed by atoms with Gasteiger partial charge in [-0.25, -0.2) is 14.6 Å². The number of anilines is 1. The summed E-state index contributed by atoms with van der Waals surface area (Å²) in [6.45, 7) is 0.160. The van der Waals surface area contributed by atoms with Crippen LogP contribution in [0.5, 0.6) is 0 Å². The molecule has 2 aliphatic rings. The maximum atomic E-state index is 12.5. The van der Waals surface area contributed by atoms with Gasteiger partial charge in [0, 0.05) is 11.6 Å². The number of amides is 1. The second kappa shape index (κ2) is 7.30. The Morgan fingerprint density at radius 2 is 1.70 bits per heavy atom. The van der Waals surface area contributed by atoms with E-state index in [0.29, 0.717) is 0 Å². The van der Waals surface area contributed by atoms with Crippen LogP contribution in [-0.4, -0.2) is 28.8 Å². The number of ether oxygens (including phenoxy) is 1. The molecule has 2 aliphatic carbocycles. The number of carbonyl (C=O) groups excluding carboxylic acids is 1. The minimum Gasteiger partial charge on any atom is -0.478 e. The molecule has 0 fully saturated rings. The highest BCUT2D eigenvalue weighted by Crippen LogP contribution is 2.44. The summed E-state index contributed by atoms with van der Waals surface area (Å²) in [5, 5.41) is 12.0. The predicted molar refractivity (Wildman–Crippen MR) is 112 cm³/mol. The van der Waals surface area contributed by atoms with Crippen molar-refractivity contribution in [2.75, 3.05) is 11.9 Å². The summed E-state index contributed by atoms with van der Waals surface area (Å²) in [6, 6.07) is 17.8. The van der Waals surface area contributed by atoms with Crippen molar-refractivity contribution in [3.63, 3.8) is 0 Å². The fraction of sp³-hybridized carbons (Fsp3) is 0.208. The Morgan fingerprint density at radius 1 is 1.03 bits per heavy atom. The number of nitrogens with one attached hydrogen (secondary N) is 1. The first-order valence-corrected chi connectivity index (χ1v) is 10.00. The molecule has 0 unspecified atom stereocenters. The molecule has 1 amide bonds. The summed E-state index contributed by atoms with van der Waals surface area (Å²) in [7, 11) is 0. The first-order chi connectivity index (χ1) is 14.6. The van der Waals surface area contributed by atoms with Gasteiger partial charge in [-0.05, 0) is 53.1 Å². The molecule has 0 bridgehead atoms. The number of rotatable bonds is 4. The number of fused-ring (bicyclic) bond motifs is 4. The molecule has 0 saturated heterocycles. The largest absolute Gasteiger partial charge is 0.478 e. The lowest BCUT2D eigenvalue weighted by atomic mass is 9.98. The molecular weight excluding hydrogens is 380 g/mol. The van der Waals surface area contributed by atoms with Crippen molar-refractivity contribution < 1.29 is 19.4 Å². The molecule has 6 heteroatoms. The Hall–Kier alpha value is -3.67. The van der Waals surface area contributed by atoms with E-state index in [1.807, 2.05) is 36.4 Å². The Bertz CT molecular complexity index is 1130. The van der Waals surface area contributed by atoms with Crippen LogP contribution < -0.4 is 5.32 Å². The monoisotopic (exact) mass is 400 g/mol. The number of aryl methyl sites for hydroxylation is 2. The van der Waals surface area contributed by atoms with E-state index >= 15 is 0 Å². The van der Waals surface area contributed by atoms with Gasteiger partial charge in [-0.15, -0.1) is 0 Å². The van der Waals surface area contributed by atoms with Gasteiger partial charge < -0.3 is 9.84 Å². The minimum atomic E-state index is -1.12. The van der Waals surface area contributed by atoms with E-state index in [4.69, 9.17) is 4.74 Å². The van der Waals surface area contributed by atoms with Crippen LogP contribution in [0.2, 0.25) is 0 Å². The van der Waals surface area contributed by atoms with Gasteiger partial charge >= 0.3 is 12.1 Å². The molecule has 6 nitrogen and oxygen atoms in total. The molecular formula is C24H20N2O4. The van der Waals surface area contributed by atoms with Crippen LogP contribution in [0, 0.1) is 0 Å². The number of carbonyl (C=O) groups is 2. The zero-order valence-electron chi connectivity index (χ0n) is 16.2. The lowest BCUT2D eigenvalue weighted by Crippen LogP contribution is -2.20. The summed E-state index contributed by atoms with van der Waals surface area (Å²) >= 11 is 0. The quantitative estimate of drug-likeness (QED) is 0.667. The number of pyridine rings is 1. The molecule has 1 heterocycles. The van der Waals surface area contributed by atoms with E-state index in [2.05, 4.69) is 22.4 Å². The highest BCUT2D eigenvalue weighted by molar-refractivity contribution is 5.97. The first kappa shape index (κ1) is 18.4. The number of hydrogen-bond acceptors (Lipinski definition) is 4. The van der Waals surface area contributed by atoms with Crippen molar-refractivity contribution in [2.24, 2.45) is 0 Å². The van der Waals surface area contributed by atoms with Crippen LogP contribution in [0.1, 0.15) is 45.1 Å². The van der Waals surface area contributed by atoms with Crippen molar-refractivity contribution in [1.82, 2.24) is 4.98 Å². The molecule has 0 spiro atoms. The van der Waals surface area contributed by atoms with Gasteiger partial charge in [0.15, 0.2) is 0 Å². The molecule has 3 aromatic rings. The van der Waals surface area contributed by atoms with Crippen LogP contribution in [0.4, 0.5) is 10.6 Å². The van der Waals surface area contributed by atoms with E-state index in [1.54, 1.807) is 6.07 Å². The third-order valence-electron chi connectivity index (χ3n) is 5.85. The molecule has 2 N–H and O–H groups in total. The van der Waals surface area contributed by atoms with Crippen molar-refractivity contribution >= 4 is 17.9 Å². The molecule has 150 valence electrons. The van der Waals surface area contributed by atoms with E-state index < -0.39 is 12.1 Å². The van der Waals surface area contributed by atoms with Crippen LogP contribution in [0.3, 0.4) is 0 Å². The average molecular weight is 400 g/mol. The van der Waals surface area contributed by atoms with Gasteiger partial charge in [-0.2, -0.15) is 0 Å². The van der Waals surface area contributed by atoms with Crippen LogP contribution in [-0.2, 0) is 17.6 Å². The SMILES string of the molecule is O=C(Nc1nc2c(cc1C(=O)O)CCC2)OCC1c2ccccc2-c2ccccc21. The molecule has 0 saturated carbocycles. The standard InChI is InChI=1S/C24H20N2O4/c27-23(28)19-12-14-6-5-11-21(14)25-22(19)26-24(29)30-13-20-17-9-3-1-7-15(17)16-8-2-4-10-18(16)20/h1-4,7-10,12,20H,5-6,11,13H2,(H,27,28)(H,25,26,29). The van der Waals surface area contributed by atoms with Crippen molar-refractivity contribution in [2.45, 2.75) is 25.2 Å². The molecule has 1 aromatic heterocycles. The number of aromatic nitrogens is 1. The number of carboxylic acid groups (broad SMARTS) is 1. The Labute approximate surface area is 173 Å². The summed E-state index contributed by atoms with van der Waals surface area (Å²) < 4.78 is 5.51. The van der Waals surface area contributed by atoms with E-state index in [1.165, 1.54) is 0 Å². The highest BCUT2D eigenvalue weighted by Gasteiger charge is 2.29. The molecule has 0 atom stereocenters. The van der Waals surface area contributed by atoms with Crippen molar-refractivity contribution in [3.05, 3.63) is 82.5 Å². The maximum absolute atomic E-state index is 12.5. The topological polar surface area (TPSA) is 88.5 Å². The van der Waals surface area contributed by atoms with Gasteiger partial charge in [-0.3, -0.25) is 5.32 Å². The van der Waals surface area contributed by atoms with Crippen molar-refractivity contribution in [1.29, 1.82) is 0 Å². The fourth-order valence-electron chi connectivity index (χ4n) is 4.46. The fourth-order valence-corrected chi connectivity index (χ4v) is 4.46. The normalized spacial score (nSPS) is 14.0. The smallest absolute Gasteiger partial charge is 0.412 e. The molecule has 30 heavy (non-hydrogen) atoms. The Morgan fingerprint density at radius 3 is 2.37 bits per heavy atom. The Balaban J connectivity index is 1.35. The van der Waals surface area contributed by atoms with Gasteiger partial charge in [0.25, 0.3) is 0 Å². The van der Waals surface area contributed by atoms with E-state index in [-0.39, 0.29) is 23.9 Å². The summed E-state index contributed by atoms with van der Waals surface area (Å²) in [5.41, 5.74) is 6.30. The highest BCUT2D eigenvalue weighted by atomic mass is 16.5. The van der Waals surface area contributed by atoms with Crippen molar-refractivity contribution in [3.8, 4) is 11.1 Å². The molecule has 5 rings (SSSR count). The third-order valence-corrected chi connectivity index (χ3v) is 5.85. The third kappa shape index (κ3) is 3.10. The number of nitrogens with zero attached hydrogens (tertiary/aromatic N) is 1. The molecule has 0 radical (unpaired) electrons. The lowest BCUT2D eigenvalue weighted by molar-refractivity contribution is 0.0697. The lowest BCUT2D eigenvalue weighted by Gasteiger charge is -2.15. The predicted octanol–water partition coefficient (Wildman–Crippen LogP) is 4.63. The van der Waals surface area contributed by atoms with Crippen LogP contribution in [0.25, 0.3) is 11.1 Å². The van der Waals surface area contributed by atoms with Gasteiger partial charge in [0.05, 0.1) is 0 Å². The second-order valence-electron chi connectivity index (χ2n) is 7.60. The average Bonchev–Trinajstić information content (AvgIpc) is 3.33. The van der Waals surface area contributed by atoms with Gasteiger partial charge in [0.2, 0.25) is 0 Å². The van der Waals surface area contributed by atoms with Gasteiger partial charge in [0.1, 0.15) is 18.0 Å². The summed E-state index contributed by atoms with van der Waals surface area (Å²) in [4.78, 5) is 28.5. The first-order valence-electron chi connectivity index (χ1n) is 10.00. The van der Waals surface area contributed by atoms with Crippen LogP contribution >= 0.6 is 0 Å². The second-order valence-corrected chi connectivity index (χ2v) is 7.60. The number of hydrogen-bond donors (Lipinski definition) is 2. The van der Waals surface area contributed by atoms with Crippen LogP contribution in [0.15, 0.2) is 54.6 Å². The maximum Gasteiger partial charge on any atom is 0.412 e. The number of benzene rings is 2. The zero-order chi connectivity index (χ0) is 20.7. The number of aromatic carboxylic acids is 1. The zero-order valence-corrected chi connectivity index (χ0v) is 16.2. The Kier molecular flexibility index (Phi) is 4.47. The van der Waals surface area contributed by atoms with E-state index in [0.717, 1.165) is 52.8 Å². The minimum absolute atomic E-state index is 0.0100. The molecule has 0 aliphatic heterocycles.